The molecular weight excluding hydrogens is 216 g/mol. The minimum atomic E-state index is 0.0995. The molecule has 1 rings (SSSR count). The number of thiocarbonyl (C=S) groups is 1. The predicted molar refractivity (Wildman–Crippen MR) is 61.8 cm³/mol. The SMILES string of the molecule is N#C/C(=C\c1ccc(Cl)cc1)C(N)=S. The summed E-state index contributed by atoms with van der Waals surface area (Å²) in [4.78, 5) is 0.0995. The molecule has 0 unspecified atom stereocenters. The van der Waals surface area contributed by atoms with E-state index >= 15 is 0 Å². The van der Waals surface area contributed by atoms with Crippen molar-refractivity contribution in [3.05, 3.63) is 40.4 Å². The van der Waals surface area contributed by atoms with Crippen LogP contribution in [0.2, 0.25) is 5.02 Å². The zero-order chi connectivity index (χ0) is 10.6. The van der Waals surface area contributed by atoms with Gasteiger partial charge in [0.2, 0.25) is 0 Å². The van der Waals surface area contributed by atoms with Crippen molar-refractivity contribution in [1.82, 2.24) is 0 Å². The number of benzene rings is 1. The molecule has 2 nitrogen and oxygen atoms in total. The van der Waals surface area contributed by atoms with E-state index in [9.17, 15) is 0 Å². The molecule has 4 heteroatoms. The van der Waals surface area contributed by atoms with E-state index < -0.39 is 0 Å². The monoisotopic (exact) mass is 222 g/mol. The first-order valence-corrected chi connectivity index (χ1v) is 4.59. The molecule has 0 saturated heterocycles. The summed E-state index contributed by atoms with van der Waals surface area (Å²) in [5.41, 5.74) is 6.48. The van der Waals surface area contributed by atoms with Crippen molar-refractivity contribution < 1.29 is 0 Å². The second kappa shape index (κ2) is 4.75. The van der Waals surface area contributed by atoms with Crippen LogP contribution < -0.4 is 5.73 Å². The molecule has 70 valence electrons. The van der Waals surface area contributed by atoms with Gasteiger partial charge in [-0.2, -0.15) is 5.26 Å². The number of nitrogens with two attached hydrogens (primary N) is 1. The van der Waals surface area contributed by atoms with E-state index in [1.165, 1.54) is 0 Å². The quantitative estimate of drug-likeness (QED) is 0.475. The van der Waals surface area contributed by atoms with E-state index in [0.717, 1.165) is 5.56 Å². The minimum absolute atomic E-state index is 0.0995. The molecule has 0 bridgehead atoms. The van der Waals surface area contributed by atoms with Crippen LogP contribution >= 0.6 is 23.8 Å². The Morgan fingerprint density at radius 1 is 1.43 bits per heavy atom. The lowest BCUT2D eigenvalue weighted by Crippen LogP contribution is -2.09. The van der Waals surface area contributed by atoms with Crippen molar-refractivity contribution in [3.63, 3.8) is 0 Å². The van der Waals surface area contributed by atoms with Crippen LogP contribution in [0.4, 0.5) is 0 Å². The fourth-order valence-electron chi connectivity index (χ4n) is 0.884. The smallest absolute Gasteiger partial charge is 0.114 e. The third-order valence-corrected chi connectivity index (χ3v) is 2.04. The molecule has 2 N–H and O–H groups in total. The standard InChI is InChI=1S/C10H7ClN2S/c11-9-3-1-7(2-4-9)5-8(6-12)10(13)14/h1-5H,(H2,13,14)/b8-5+. The van der Waals surface area contributed by atoms with Gasteiger partial charge in [-0.05, 0) is 23.8 Å². The molecule has 0 spiro atoms. The van der Waals surface area contributed by atoms with E-state index in [-0.39, 0.29) is 4.99 Å². The number of nitriles is 1. The molecule has 1 aromatic rings. The minimum Gasteiger partial charge on any atom is -0.389 e. The van der Waals surface area contributed by atoms with Gasteiger partial charge in [0.1, 0.15) is 11.1 Å². The summed E-state index contributed by atoms with van der Waals surface area (Å²) < 4.78 is 0. The first kappa shape index (κ1) is 10.7. The van der Waals surface area contributed by atoms with Crippen molar-refractivity contribution >= 4 is 34.9 Å². The van der Waals surface area contributed by atoms with E-state index in [2.05, 4.69) is 0 Å². The van der Waals surface area contributed by atoms with Gasteiger partial charge in [-0.25, -0.2) is 0 Å². The van der Waals surface area contributed by atoms with Gasteiger partial charge in [0, 0.05) is 5.02 Å². The third-order valence-electron chi connectivity index (χ3n) is 1.57. The Hall–Kier alpha value is -1.37. The van der Waals surface area contributed by atoms with E-state index in [4.69, 9.17) is 34.8 Å². The van der Waals surface area contributed by atoms with Crippen LogP contribution in [-0.2, 0) is 0 Å². The van der Waals surface area contributed by atoms with Gasteiger partial charge in [0.05, 0.1) is 5.57 Å². The van der Waals surface area contributed by atoms with E-state index in [1.807, 2.05) is 6.07 Å². The number of nitrogens with zero attached hydrogens (tertiary/aromatic N) is 1. The van der Waals surface area contributed by atoms with Gasteiger partial charge in [0.15, 0.2) is 0 Å². The Morgan fingerprint density at radius 2 is 2.00 bits per heavy atom. The second-order valence-electron chi connectivity index (χ2n) is 2.59. The van der Waals surface area contributed by atoms with Crippen molar-refractivity contribution in [3.8, 4) is 6.07 Å². The van der Waals surface area contributed by atoms with Crippen LogP contribution in [-0.4, -0.2) is 4.99 Å². The van der Waals surface area contributed by atoms with Gasteiger partial charge in [-0.15, -0.1) is 0 Å². The molecule has 0 aliphatic carbocycles. The number of halogens is 1. The summed E-state index contributed by atoms with van der Waals surface area (Å²) in [5, 5.41) is 9.35. The van der Waals surface area contributed by atoms with E-state index in [1.54, 1.807) is 30.3 Å². The molecular formula is C10H7ClN2S. The zero-order valence-electron chi connectivity index (χ0n) is 7.20. The number of rotatable bonds is 2. The predicted octanol–water partition coefficient (Wildman–Crippen LogP) is 2.53. The zero-order valence-corrected chi connectivity index (χ0v) is 8.77. The van der Waals surface area contributed by atoms with Crippen molar-refractivity contribution in [2.24, 2.45) is 5.73 Å². The van der Waals surface area contributed by atoms with Crippen LogP contribution in [0.15, 0.2) is 29.8 Å². The maximum atomic E-state index is 8.70. The van der Waals surface area contributed by atoms with Crippen LogP contribution in [0.3, 0.4) is 0 Å². The summed E-state index contributed by atoms with van der Waals surface area (Å²) in [6.07, 6.45) is 1.62. The van der Waals surface area contributed by atoms with Crippen molar-refractivity contribution in [1.29, 1.82) is 5.26 Å². The maximum absolute atomic E-state index is 8.70. The molecule has 0 fully saturated rings. The lowest BCUT2D eigenvalue weighted by molar-refractivity contribution is 1.51. The lowest BCUT2D eigenvalue weighted by Gasteiger charge is -1.96. The maximum Gasteiger partial charge on any atom is 0.114 e. The molecule has 0 atom stereocenters. The van der Waals surface area contributed by atoms with Gasteiger partial charge in [-0.1, -0.05) is 36.0 Å². The molecule has 0 saturated carbocycles. The molecule has 0 amide bonds. The summed E-state index contributed by atoms with van der Waals surface area (Å²) in [6.45, 7) is 0. The van der Waals surface area contributed by atoms with Gasteiger partial charge >= 0.3 is 0 Å². The summed E-state index contributed by atoms with van der Waals surface area (Å²) >= 11 is 10.4. The highest BCUT2D eigenvalue weighted by Crippen LogP contribution is 2.12. The third kappa shape index (κ3) is 2.84. The van der Waals surface area contributed by atoms with Gasteiger partial charge < -0.3 is 5.73 Å². The largest absolute Gasteiger partial charge is 0.389 e. The normalized spacial score (nSPS) is 10.7. The fraction of sp³-hybridized carbons (Fsp3) is 0. The first-order valence-electron chi connectivity index (χ1n) is 3.80. The van der Waals surface area contributed by atoms with Crippen molar-refractivity contribution in [2.75, 3.05) is 0 Å². The van der Waals surface area contributed by atoms with Gasteiger partial charge in [0.25, 0.3) is 0 Å². The average Bonchev–Trinajstić information content (AvgIpc) is 2.16. The Balaban J connectivity index is 3.03. The topological polar surface area (TPSA) is 49.8 Å². The molecule has 0 aromatic heterocycles. The molecule has 0 heterocycles. The number of hydrogen-bond acceptors (Lipinski definition) is 2. The molecule has 1 aromatic carbocycles. The summed E-state index contributed by atoms with van der Waals surface area (Å²) in [6, 6.07) is 8.98. The molecule has 0 aliphatic rings. The Labute approximate surface area is 92.6 Å². The van der Waals surface area contributed by atoms with Crippen LogP contribution in [0.25, 0.3) is 6.08 Å². The number of hydrogen-bond donors (Lipinski definition) is 1. The molecule has 14 heavy (non-hydrogen) atoms. The van der Waals surface area contributed by atoms with Crippen LogP contribution in [0.1, 0.15) is 5.56 Å². The van der Waals surface area contributed by atoms with Crippen molar-refractivity contribution in [2.45, 2.75) is 0 Å². The van der Waals surface area contributed by atoms with E-state index in [0.29, 0.717) is 10.6 Å². The molecule has 0 radical (unpaired) electrons. The Kier molecular flexibility index (Phi) is 3.63. The highest BCUT2D eigenvalue weighted by molar-refractivity contribution is 7.80. The molecule has 0 aliphatic heterocycles. The first-order chi connectivity index (χ1) is 6.63. The summed E-state index contributed by atoms with van der Waals surface area (Å²) in [5.74, 6) is 0. The fourth-order valence-corrected chi connectivity index (χ4v) is 1.11. The highest BCUT2D eigenvalue weighted by atomic mass is 35.5. The lowest BCUT2D eigenvalue weighted by atomic mass is 10.1. The van der Waals surface area contributed by atoms with Crippen LogP contribution in [0, 0.1) is 11.3 Å². The highest BCUT2D eigenvalue weighted by Gasteiger charge is 1.98. The Morgan fingerprint density at radius 3 is 2.43 bits per heavy atom. The second-order valence-corrected chi connectivity index (χ2v) is 3.46. The summed E-state index contributed by atoms with van der Waals surface area (Å²) in [7, 11) is 0. The van der Waals surface area contributed by atoms with Gasteiger partial charge in [-0.3, -0.25) is 0 Å². The average molecular weight is 223 g/mol. The Bertz CT molecular complexity index is 415. The van der Waals surface area contributed by atoms with Crippen LogP contribution in [0.5, 0.6) is 0 Å².